The third kappa shape index (κ3) is 3.79. The quantitative estimate of drug-likeness (QED) is 0.877. The number of pyridine rings is 1. The third-order valence-corrected chi connectivity index (χ3v) is 2.80. The second kappa shape index (κ2) is 6.51. The van der Waals surface area contributed by atoms with Gasteiger partial charge < -0.3 is 15.2 Å². The molecule has 1 aromatic heterocycles. The van der Waals surface area contributed by atoms with Crippen LogP contribution in [0.2, 0.25) is 0 Å². The Morgan fingerprint density at radius 2 is 2.14 bits per heavy atom. The lowest BCUT2D eigenvalue weighted by Crippen LogP contribution is -2.14. The summed E-state index contributed by atoms with van der Waals surface area (Å²) in [6.07, 6.45) is 3.45. The molecule has 0 spiro atoms. The summed E-state index contributed by atoms with van der Waals surface area (Å²) >= 11 is 0. The largest absolute Gasteiger partial charge is 0.496 e. The first-order valence-electron chi connectivity index (χ1n) is 6.20. The number of carbonyl (C=O) groups is 2. The number of anilines is 1. The number of hydrogen-bond donors (Lipinski definition) is 2. The van der Waals surface area contributed by atoms with Gasteiger partial charge in [0.1, 0.15) is 11.3 Å². The first-order valence-corrected chi connectivity index (χ1v) is 6.20. The number of benzene rings is 1. The standard InChI is InChI=1S/C15H14N2O4/c1-21-13-8-11(4-5-12(13)15(19)20)17-14(18)7-10-3-2-6-16-9-10/h2-6,8-9H,7H2,1H3,(H,17,18)(H,19,20). The summed E-state index contributed by atoms with van der Waals surface area (Å²) in [4.78, 5) is 26.8. The van der Waals surface area contributed by atoms with Gasteiger partial charge in [-0.1, -0.05) is 6.07 Å². The predicted octanol–water partition coefficient (Wildman–Crippen LogP) is 1.97. The van der Waals surface area contributed by atoms with E-state index in [1.807, 2.05) is 0 Å². The number of nitrogens with zero attached hydrogens (tertiary/aromatic N) is 1. The minimum Gasteiger partial charge on any atom is -0.496 e. The van der Waals surface area contributed by atoms with E-state index in [1.165, 1.54) is 25.3 Å². The molecule has 6 heteroatoms. The zero-order valence-corrected chi connectivity index (χ0v) is 11.4. The molecule has 2 aromatic rings. The van der Waals surface area contributed by atoms with Gasteiger partial charge in [-0.25, -0.2) is 4.79 Å². The van der Waals surface area contributed by atoms with Gasteiger partial charge in [-0.05, 0) is 23.8 Å². The first-order chi connectivity index (χ1) is 10.1. The number of rotatable bonds is 5. The van der Waals surface area contributed by atoms with Crippen molar-refractivity contribution in [1.82, 2.24) is 4.98 Å². The van der Waals surface area contributed by atoms with Crippen LogP contribution in [-0.4, -0.2) is 29.1 Å². The summed E-state index contributed by atoms with van der Waals surface area (Å²) in [5, 5.41) is 11.7. The van der Waals surface area contributed by atoms with Crippen LogP contribution in [0.5, 0.6) is 5.75 Å². The maximum Gasteiger partial charge on any atom is 0.339 e. The summed E-state index contributed by atoms with van der Waals surface area (Å²) in [5.41, 5.74) is 1.32. The van der Waals surface area contributed by atoms with Crippen molar-refractivity contribution in [2.75, 3.05) is 12.4 Å². The number of nitrogens with one attached hydrogen (secondary N) is 1. The Balaban J connectivity index is 2.09. The number of aromatic carboxylic acids is 1. The fourth-order valence-corrected chi connectivity index (χ4v) is 1.84. The number of carbonyl (C=O) groups excluding carboxylic acids is 1. The van der Waals surface area contributed by atoms with Crippen LogP contribution < -0.4 is 10.1 Å². The van der Waals surface area contributed by atoms with Gasteiger partial charge in [0, 0.05) is 24.1 Å². The van der Waals surface area contributed by atoms with Crippen LogP contribution in [0.4, 0.5) is 5.69 Å². The minimum absolute atomic E-state index is 0.0442. The van der Waals surface area contributed by atoms with E-state index >= 15 is 0 Å². The molecule has 0 fully saturated rings. The minimum atomic E-state index is -1.08. The maximum atomic E-state index is 11.9. The Morgan fingerprint density at radius 1 is 1.33 bits per heavy atom. The molecule has 0 unspecified atom stereocenters. The van der Waals surface area contributed by atoms with Crippen LogP contribution in [0.1, 0.15) is 15.9 Å². The van der Waals surface area contributed by atoms with E-state index in [1.54, 1.807) is 24.5 Å². The molecule has 0 bridgehead atoms. The van der Waals surface area contributed by atoms with Gasteiger partial charge in [0.05, 0.1) is 13.5 Å². The van der Waals surface area contributed by atoms with Gasteiger partial charge in [0.2, 0.25) is 5.91 Å². The molecule has 1 amide bonds. The Bertz CT molecular complexity index is 656. The van der Waals surface area contributed by atoms with Crippen LogP contribution in [0, 0.1) is 0 Å². The molecular formula is C15H14N2O4. The molecule has 0 aliphatic heterocycles. The van der Waals surface area contributed by atoms with Crippen LogP contribution in [-0.2, 0) is 11.2 Å². The molecule has 0 aliphatic carbocycles. The van der Waals surface area contributed by atoms with E-state index in [9.17, 15) is 9.59 Å². The lowest BCUT2D eigenvalue weighted by atomic mass is 10.1. The van der Waals surface area contributed by atoms with Crippen molar-refractivity contribution in [2.24, 2.45) is 0 Å². The molecule has 6 nitrogen and oxygen atoms in total. The zero-order chi connectivity index (χ0) is 15.2. The molecule has 2 N–H and O–H groups in total. The fourth-order valence-electron chi connectivity index (χ4n) is 1.84. The number of ether oxygens (including phenoxy) is 1. The Morgan fingerprint density at radius 3 is 2.76 bits per heavy atom. The van der Waals surface area contributed by atoms with Gasteiger partial charge in [0.25, 0.3) is 0 Å². The van der Waals surface area contributed by atoms with E-state index in [0.717, 1.165) is 5.56 Å². The van der Waals surface area contributed by atoms with E-state index in [0.29, 0.717) is 5.69 Å². The second-order valence-electron chi connectivity index (χ2n) is 4.31. The lowest BCUT2D eigenvalue weighted by Gasteiger charge is -2.09. The van der Waals surface area contributed by atoms with Crippen LogP contribution in [0.3, 0.4) is 0 Å². The van der Waals surface area contributed by atoms with Gasteiger partial charge in [0.15, 0.2) is 0 Å². The summed E-state index contributed by atoms with van der Waals surface area (Å²) in [6.45, 7) is 0. The van der Waals surface area contributed by atoms with Crippen molar-refractivity contribution in [3.05, 3.63) is 53.9 Å². The fraction of sp³-hybridized carbons (Fsp3) is 0.133. The first kappa shape index (κ1) is 14.5. The molecule has 108 valence electrons. The zero-order valence-electron chi connectivity index (χ0n) is 11.4. The van der Waals surface area contributed by atoms with Crippen molar-refractivity contribution >= 4 is 17.6 Å². The van der Waals surface area contributed by atoms with E-state index in [4.69, 9.17) is 9.84 Å². The third-order valence-electron chi connectivity index (χ3n) is 2.80. The van der Waals surface area contributed by atoms with Crippen molar-refractivity contribution in [1.29, 1.82) is 0 Å². The number of carboxylic acid groups (broad SMARTS) is 1. The Labute approximate surface area is 121 Å². The van der Waals surface area contributed by atoms with Crippen molar-refractivity contribution in [3.63, 3.8) is 0 Å². The highest BCUT2D eigenvalue weighted by Gasteiger charge is 2.12. The van der Waals surface area contributed by atoms with Crippen molar-refractivity contribution in [2.45, 2.75) is 6.42 Å². The summed E-state index contributed by atoms with van der Waals surface area (Å²) < 4.78 is 5.01. The van der Waals surface area contributed by atoms with Crippen molar-refractivity contribution < 1.29 is 19.4 Å². The van der Waals surface area contributed by atoms with Gasteiger partial charge in [-0.2, -0.15) is 0 Å². The number of amides is 1. The van der Waals surface area contributed by atoms with Gasteiger partial charge in [-0.15, -0.1) is 0 Å². The molecule has 0 saturated carbocycles. The molecule has 0 aliphatic rings. The smallest absolute Gasteiger partial charge is 0.339 e. The molecule has 1 aromatic carbocycles. The number of hydrogen-bond acceptors (Lipinski definition) is 4. The Kier molecular flexibility index (Phi) is 4.50. The van der Waals surface area contributed by atoms with Gasteiger partial charge >= 0.3 is 5.97 Å². The summed E-state index contributed by atoms with van der Waals surface area (Å²) in [5.74, 6) is -1.10. The Hall–Kier alpha value is -2.89. The monoisotopic (exact) mass is 286 g/mol. The maximum absolute atomic E-state index is 11.9. The highest BCUT2D eigenvalue weighted by Crippen LogP contribution is 2.23. The highest BCUT2D eigenvalue weighted by molar-refractivity contribution is 5.95. The lowest BCUT2D eigenvalue weighted by molar-refractivity contribution is -0.115. The average molecular weight is 286 g/mol. The van der Waals surface area contributed by atoms with E-state index in [-0.39, 0.29) is 23.6 Å². The van der Waals surface area contributed by atoms with E-state index < -0.39 is 5.97 Å². The average Bonchev–Trinajstić information content (AvgIpc) is 2.47. The predicted molar refractivity (Wildman–Crippen MR) is 76.5 cm³/mol. The molecule has 0 saturated heterocycles. The topological polar surface area (TPSA) is 88.5 Å². The van der Waals surface area contributed by atoms with Crippen LogP contribution in [0.15, 0.2) is 42.7 Å². The highest BCUT2D eigenvalue weighted by atomic mass is 16.5. The molecule has 1 heterocycles. The number of methoxy groups -OCH3 is 1. The van der Waals surface area contributed by atoms with Crippen LogP contribution >= 0.6 is 0 Å². The summed E-state index contributed by atoms with van der Waals surface area (Å²) in [7, 11) is 1.38. The number of carboxylic acids is 1. The molecule has 2 rings (SSSR count). The number of aromatic nitrogens is 1. The normalized spacial score (nSPS) is 9.95. The van der Waals surface area contributed by atoms with Crippen LogP contribution in [0.25, 0.3) is 0 Å². The van der Waals surface area contributed by atoms with E-state index in [2.05, 4.69) is 10.3 Å². The van der Waals surface area contributed by atoms with Gasteiger partial charge in [-0.3, -0.25) is 9.78 Å². The molecule has 0 atom stereocenters. The molecule has 0 radical (unpaired) electrons. The molecule has 21 heavy (non-hydrogen) atoms. The second-order valence-corrected chi connectivity index (χ2v) is 4.31. The SMILES string of the molecule is COc1cc(NC(=O)Cc2cccnc2)ccc1C(=O)O. The summed E-state index contributed by atoms with van der Waals surface area (Å²) in [6, 6.07) is 7.95. The van der Waals surface area contributed by atoms with Crippen molar-refractivity contribution in [3.8, 4) is 5.75 Å². The molecular weight excluding hydrogens is 272 g/mol.